The summed E-state index contributed by atoms with van der Waals surface area (Å²) in [6, 6.07) is 11.0. The summed E-state index contributed by atoms with van der Waals surface area (Å²) in [6.07, 6.45) is 2.47. The van der Waals surface area contributed by atoms with Crippen molar-refractivity contribution in [3.8, 4) is 0 Å². The van der Waals surface area contributed by atoms with Gasteiger partial charge >= 0.3 is 0 Å². The summed E-state index contributed by atoms with van der Waals surface area (Å²) in [7, 11) is -3.75. The molecule has 0 radical (unpaired) electrons. The Hall–Kier alpha value is -2.41. The molecule has 7 heteroatoms. The fourth-order valence-corrected chi connectivity index (χ4v) is 3.59. The number of amides is 1. The lowest BCUT2D eigenvalue weighted by atomic mass is 10.0. The van der Waals surface area contributed by atoms with E-state index in [-0.39, 0.29) is 5.69 Å². The van der Waals surface area contributed by atoms with Crippen molar-refractivity contribution in [2.45, 2.75) is 26.7 Å². The summed E-state index contributed by atoms with van der Waals surface area (Å²) in [5.41, 5.74) is 2.79. The predicted octanol–water partition coefficient (Wildman–Crippen LogP) is 3.36. The minimum Gasteiger partial charge on any atom is -0.324 e. The quantitative estimate of drug-likeness (QED) is 0.803. The van der Waals surface area contributed by atoms with Gasteiger partial charge in [0.25, 0.3) is 0 Å². The fraction of sp³-hybridized carbons (Fsp3) is 0.316. The van der Waals surface area contributed by atoms with Crippen LogP contribution in [0.1, 0.15) is 25.0 Å². The van der Waals surface area contributed by atoms with Crippen molar-refractivity contribution in [3.05, 3.63) is 59.4 Å². The van der Waals surface area contributed by atoms with Gasteiger partial charge in [-0.3, -0.25) is 9.10 Å². The third-order valence-electron chi connectivity index (χ3n) is 4.05. The van der Waals surface area contributed by atoms with E-state index in [0.29, 0.717) is 0 Å². The molecule has 0 spiro atoms. The van der Waals surface area contributed by atoms with Gasteiger partial charge in [-0.25, -0.2) is 12.8 Å². The van der Waals surface area contributed by atoms with E-state index >= 15 is 0 Å². The second-order valence-corrected chi connectivity index (χ2v) is 7.86. The van der Waals surface area contributed by atoms with Crippen LogP contribution in [0, 0.1) is 5.82 Å². The summed E-state index contributed by atoms with van der Waals surface area (Å²) in [5, 5.41) is 2.83. The minimum absolute atomic E-state index is 0.113. The molecule has 0 aliphatic heterocycles. The molecule has 2 rings (SSSR count). The Balaban J connectivity index is 2.30. The van der Waals surface area contributed by atoms with Crippen molar-refractivity contribution < 1.29 is 17.6 Å². The summed E-state index contributed by atoms with van der Waals surface area (Å²) < 4.78 is 38.6. The molecule has 0 bridgehead atoms. The number of hydrogen-bond donors (Lipinski definition) is 1. The van der Waals surface area contributed by atoms with E-state index in [2.05, 4.69) is 5.32 Å². The molecule has 0 atom stereocenters. The summed E-state index contributed by atoms with van der Waals surface area (Å²) >= 11 is 0. The number of anilines is 2. The largest absolute Gasteiger partial charge is 0.324 e. The summed E-state index contributed by atoms with van der Waals surface area (Å²) in [6.45, 7) is 3.55. The number of halogens is 1. The van der Waals surface area contributed by atoms with Crippen molar-refractivity contribution in [1.82, 2.24) is 0 Å². The topological polar surface area (TPSA) is 66.5 Å². The number of nitrogens with zero attached hydrogens (tertiary/aromatic N) is 1. The van der Waals surface area contributed by atoms with Gasteiger partial charge in [0, 0.05) is 5.69 Å². The van der Waals surface area contributed by atoms with E-state index in [0.717, 1.165) is 46.3 Å². The molecular formula is C19H23FN2O3S. The number of hydrogen-bond acceptors (Lipinski definition) is 3. The van der Waals surface area contributed by atoms with E-state index in [1.165, 1.54) is 18.2 Å². The molecule has 0 unspecified atom stereocenters. The number of carbonyl (C=O) groups excluding carboxylic acids is 1. The van der Waals surface area contributed by atoms with Gasteiger partial charge in [0.05, 0.1) is 11.9 Å². The molecule has 0 aliphatic rings. The number of rotatable bonds is 7. The maximum absolute atomic E-state index is 13.5. The van der Waals surface area contributed by atoms with Gasteiger partial charge in [-0.1, -0.05) is 38.1 Å². The highest BCUT2D eigenvalue weighted by Crippen LogP contribution is 2.23. The van der Waals surface area contributed by atoms with Crippen LogP contribution in [0.4, 0.5) is 15.8 Å². The normalized spacial score (nSPS) is 11.2. The molecule has 0 fully saturated rings. The molecule has 5 nitrogen and oxygen atoms in total. The van der Waals surface area contributed by atoms with Crippen LogP contribution < -0.4 is 9.62 Å². The number of benzene rings is 2. The zero-order valence-corrected chi connectivity index (χ0v) is 15.9. The maximum Gasteiger partial charge on any atom is 0.245 e. The third-order valence-corrected chi connectivity index (χ3v) is 5.19. The molecule has 0 aromatic heterocycles. The van der Waals surface area contributed by atoms with Crippen molar-refractivity contribution in [3.63, 3.8) is 0 Å². The van der Waals surface area contributed by atoms with E-state index < -0.39 is 28.3 Å². The van der Waals surface area contributed by atoms with Crippen LogP contribution in [0.5, 0.6) is 0 Å². The number of nitrogens with one attached hydrogen (secondary N) is 1. The summed E-state index contributed by atoms with van der Waals surface area (Å²) in [5.74, 6) is -1.04. The van der Waals surface area contributed by atoms with Crippen LogP contribution in [0.15, 0.2) is 42.5 Å². The van der Waals surface area contributed by atoms with Gasteiger partial charge in [0.2, 0.25) is 15.9 Å². The average molecular weight is 378 g/mol. The molecule has 0 aliphatic carbocycles. The zero-order chi connectivity index (χ0) is 19.3. The smallest absolute Gasteiger partial charge is 0.245 e. The van der Waals surface area contributed by atoms with Gasteiger partial charge in [-0.15, -0.1) is 0 Å². The van der Waals surface area contributed by atoms with E-state index in [9.17, 15) is 17.6 Å². The van der Waals surface area contributed by atoms with Crippen molar-refractivity contribution in [1.29, 1.82) is 0 Å². The predicted molar refractivity (Wildman–Crippen MR) is 102 cm³/mol. The van der Waals surface area contributed by atoms with Crippen LogP contribution in [0.3, 0.4) is 0 Å². The van der Waals surface area contributed by atoms with Gasteiger partial charge in [-0.2, -0.15) is 0 Å². The highest BCUT2D eigenvalue weighted by Gasteiger charge is 2.22. The van der Waals surface area contributed by atoms with Crippen molar-refractivity contribution in [2.24, 2.45) is 0 Å². The molecule has 0 heterocycles. The fourth-order valence-electron chi connectivity index (χ4n) is 2.74. The first kappa shape index (κ1) is 19.9. The first-order valence-corrected chi connectivity index (χ1v) is 10.2. The SMILES string of the molecule is CCc1cccc(CC)c1NC(=O)CN(c1cccc(F)c1)S(C)(=O)=O. The Morgan fingerprint density at radius 2 is 1.65 bits per heavy atom. The number of para-hydroxylation sites is 1. The lowest BCUT2D eigenvalue weighted by Gasteiger charge is -2.23. The highest BCUT2D eigenvalue weighted by atomic mass is 32.2. The van der Waals surface area contributed by atoms with E-state index in [1.807, 2.05) is 32.0 Å². The van der Waals surface area contributed by atoms with Crippen LogP contribution in [0.2, 0.25) is 0 Å². The minimum atomic E-state index is -3.75. The van der Waals surface area contributed by atoms with E-state index in [1.54, 1.807) is 0 Å². The lowest BCUT2D eigenvalue weighted by Crippen LogP contribution is -2.37. The Morgan fingerprint density at radius 1 is 1.08 bits per heavy atom. The van der Waals surface area contributed by atoms with Crippen LogP contribution in [0.25, 0.3) is 0 Å². The van der Waals surface area contributed by atoms with Crippen LogP contribution >= 0.6 is 0 Å². The number of sulfonamides is 1. The van der Waals surface area contributed by atoms with Gasteiger partial charge in [0.1, 0.15) is 12.4 Å². The Morgan fingerprint density at radius 3 is 2.15 bits per heavy atom. The molecule has 26 heavy (non-hydrogen) atoms. The zero-order valence-electron chi connectivity index (χ0n) is 15.1. The van der Waals surface area contributed by atoms with Gasteiger partial charge < -0.3 is 5.32 Å². The lowest BCUT2D eigenvalue weighted by molar-refractivity contribution is -0.114. The highest BCUT2D eigenvalue weighted by molar-refractivity contribution is 7.92. The molecule has 1 amide bonds. The molecule has 0 saturated carbocycles. The first-order valence-electron chi connectivity index (χ1n) is 8.40. The Bertz CT molecular complexity index is 875. The third kappa shape index (κ3) is 4.82. The van der Waals surface area contributed by atoms with E-state index in [4.69, 9.17) is 0 Å². The first-order chi connectivity index (χ1) is 12.3. The number of aryl methyl sites for hydroxylation is 2. The molecule has 140 valence electrons. The van der Waals surface area contributed by atoms with Crippen LogP contribution in [-0.4, -0.2) is 27.1 Å². The monoisotopic (exact) mass is 378 g/mol. The second-order valence-electron chi connectivity index (χ2n) is 5.96. The van der Waals surface area contributed by atoms with Gasteiger partial charge in [0.15, 0.2) is 0 Å². The second kappa shape index (κ2) is 8.31. The maximum atomic E-state index is 13.5. The standard InChI is InChI=1S/C19H23FN2O3S/c1-4-14-8-6-9-15(5-2)19(14)21-18(23)13-22(26(3,24)25)17-11-7-10-16(20)12-17/h6-12H,4-5,13H2,1-3H3,(H,21,23). The Kier molecular flexibility index (Phi) is 6.37. The summed E-state index contributed by atoms with van der Waals surface area (Å²) in [4.78, 5) is 12.6. The van der Waals surface area contributed by atoms with Crippen molar-refractivity contribution in [2.75, 3.05) is 22.4 Å². The molecule has 0 saturated heterocycles. The van der Waals surface area contributed by atoms with Crippen LogP contribution in [-0.2, 0) is 27.7 Å². The van der Waals surface area contributed by atoms with Gasteiger partial charge in [-0.05, 0) is 42.2 Å². The Labute approximate surface area is 153 Å². The number of carbonyl (C=O) groups is 1. The molecule has 1 N–H and O–H groups in total. The molecule has 2 aromatic carbocycles. The van der Waals surface area contributed by atoms with Crippen molar-refractivity contribution >= 4 is 27.3 Å². The molecule has 2 aromatic rings. The average Bonchev–Trinajstić information content (AvgIpc) is 2.58. The molecular weight excluding hydrogens is 355 g/mol.